The first-order valence-corrected chi connectivity index (χ1v) is 17.0. The minimum atomic E-state index is -0.897. The fourth-order valence-corrected chi connectivity index (χ4v) is 6.89. The summed E-state index contributed by atoms with van der Waals surface area (Å²) in [4.78, 5) is 24.4. The number of halogens is 1. The Kier molecular flexibility index (Phi) is 9.73. The Labute approximate surface area is 290 Å². The molecule has 2 fully saturated rings. The molecule has 3 N–H and O–H groups in total. The van der Waals surface area contributed by atoms with Gasteiger partial charge < -0.3 is 29.9 Å². The Morgan fingerprint density at radius 1 is 0.939 bits per heavy atom. The van der Waals surface area contributed by atoms with Crippen molar-refractivity contribution in [3.05, 3.63) is 136 Å². The highest BCUT2D eigenvalue weighted by Gasteiger charge is 2.41. The van der Waals surface area contributed by atoms with Crippen LogP contribution in [0.1, 0.15) is 64.9 Å². The highest BCUT2D eigenvalue weighted by molar-refractivity contribution is 6.30. The van der Waals surface area contributed by atoms with E-state index in [-0.39, 0.29) is 36.3 Å². The van der Waals surface area contributed by atoms with Crippen LogP contribution in [0.4, 0.5) is 5.69 Å². The second-order valence-electron chi connectivity index (χ2n) is 13.0. The van der Waals surface area contributed by atoms with Crippen molar-refractivity contribution in [2.45, 2.75) is 50.5 Å². The lowest BCUT2D eigenvalue weighted by Gasteiger charge is -2.45. The quantitative estimate of drug-likeness (QED) is 0.164. The number of aromatic nitrogens is 2. The van der Waals surface area contributed by atoms with Crippen LogP contribution in [0.5, 0.6) is 0 Å². The molecule has 0 aliphatic carbocycles. The summed E-state index contributed by atoms with van der Waals surface area (Å²) in [6.45, 7) is 4.20. The third kappa shape index (κ3) is 7.38. The van der Waals surface area contributed by atoms with E-state index in [2.05, 4.69) is 27.1 Å². The van der Waals surface area contributed by atoms with Crippen molar-refractivity contribution in [2.75, 3.05) is 25.0 Å². The van der Waals surface area contributed by atoms with E-state index in [4.69, 9.17) is 21.1 Å². The van der Waals surface area contributed by atoms with E-state index in [9.17, 15) is 15.0 Å². The zero-order valence-corrected chi connectivity index (χ0v) is 28.0. The van der Waals surface area contributed by atoms with Gasteiger partial charge in [-0.05, 0) is 65.9 Å². The van der Waals surface area contributed by atoms with E-state index in [0.29, 0.717) is 48.7 Å². The topological polar surface area (TPSA) is 117 Å². The monoisotopic (exact) mass is 678 g/mol. The third-order valence-corrected chi connectivity index (χ3v) is 9.98. The lowest BCUT2D eigenvalue weighted by molar-refractivity contribution is -0.277. The lowest BCUT2D eigenvalue weighted by Crippen LogP contribution is -2.49. The largest absolute Gasteiger partial charge is 0.392 e. The van der Waals surface area contributed by atoms with Gasteiger partial charge in [-0.1, -0.05) is 79.2 Å². The molecule has 2 aliphatic heterocycles. The first kappa shape index (κ1) is 33.3. The van der Waals surface area contributed by atoms with E-state index >= 15 is 0 Å². The van der Waals surface area contributed by atoms with Crippen molar-refractivity contribution in [1.82, 2.24) is 14.9 Å². The number of aliphatic hydroxyl groups excluding tert-OH is 1. The zero-order valence-electron chi connectivity index (χ0n) is 27.2. The number of hydrogen-bond donors (Lipinski definition) is 3. The van der Waals surface area contributed by atoms with Crippen LogP contribution < -0.4 is 5.32 Å². The number of anilines is 1. The van der Waals surface area contributed by atoms with Crippen molar-refractivity contribution in [2.24, 2.45) is 5.92 Å². The summed E-state index contributed by atoms with van der Waals surface area (Å²) in [5.41, 5.74) is 4.76. The molecule has 0 bridgehead atoms. The highest BCUT2D eigenvalue weighted by atomic mass is 35.5. The number of piperidine rings is 1. The number of carbonyl (C=O) groups excluding carboxylic acids is 1. The molecule has 49 heavy (non-hydrogen) atoms. The fourth-order valence-electron chi connectivity index (χ4n) is 6.76. The van der Waals surface area contributed by atoms with Gasteiger partial charge >= 0.3 is 0 Å². The van der Waals surface area contributed by atoms with Crippen LogP contribution in [-0.4, -0.2) is 56.7 Å². The summed E-state index contributed by atoms with van der Waals surface area (Å²) in [5, 5.41) is 24.7. The van der Waals surface area contributed by atoms with Crippen molar-refractivity contribution in [1.29, 1.82) is 0 Å². The molecule has 252 valence electrons. The van der Waals surface area contributed by atoms with Gasteiger partial charge in [-0.3, -0.25) is 9.78 Å². The number of para-hydroxylation sites is 2. The number of benzene rings is 4. The predicted molar refractivity (Wildman–Crippen MR) is 188 cm³/mol. The van der Waals surface area contributed by atoms with E-state index in [1.54, 1.807) is 0 Å². The molecule has 10 heteroatoms. The SMILES string of the molecule is C[C@@H]1[C@H](CN2CCC(O)(c3ccc(Cl)cc3)CC2)O[C@H](c2cccc(NC(=O)c3cnc4ccccc4n3)c2)O[C@@H]1c1ccc(CO)cc1. The van der Waals surface area contributed by atoms with E-state index < -0.39 is 11.9 Å². The number of nitrogens with one attached hydrogen (secondary N) is 1. The van der Waals surface area contributed by atoms with Crippen LogP contribution in [0.25, 0.3) is 11.0 Å². The number of aliphatic hydroxyl groups is 2. The van der Waals surface area contributed by atoms with Crippen LogP contribution in [0.2, 0.25) is 5.02 Å². The van der Waals surface area contributed by atoms with Crippen LogP contribution in [0, 0.1) is 5.92 Å². The van der Waals surface area contributed by atoms with Crippen molar-refractivity contribution < 1.29 is 24.5 Å². The zero-order chi connectivity index (χ0) is 34.0. The Morgan fingerprint density at radius 3 is 2.41 bits per heavy atom. The van der Waals surface area contributed by atoms with Gasteiger partial charge in [-0.2, -0.15) is 0 Å². The van der Waals surface area contributed by atoms with Crippen LogP contribution in [0.15, 0.2) is 103 Å². The van der Waals surface area contributed by atoms with Gasteiger partial charge in [0.15, 0.2) is 6.29 Å². The van der Waals surface area contributed by atoms with Gasteiger partial charge in [0, 0.05) is 41.8 Å². The predicted octanol–water partition coefficient (Wildman–Crippen LogP) is 6.80. The molecular formula is C39H39ClN4O5. The maximum absolute atomic E-state index is 13.2. The Morgan fingerprint density at radius 2 is 1.67 bits per heavy atom. The van der Waals surface area contributed by atoms with Crippen LogP contribution in [-0.2, 0) is 21.7 Å². The average Bonchev–Trinajstić information content (AvgIpc) is 3.13. The van der Waals surface area contributed by atoms with Gasteiger partial charge in [-0.15, -0.1) is 0 Å². The number of ether oxygens (including phenoxy) is 2. The fraction of sp³-hybridized carbons (Fsp3) is 0.308. The molecule has 3 heterocycles. The number of hydrogen-bond acceptors (Lipinski definition) is 8. The molecule has 2 saturated heterocycles. The molecule has 4 atom stereocenters. The highest BCUT2D eigenvalue weighted by Crippen LogP contribution is 2.43. The summed E-state index contributed by atoms with van der Waals surface area (Å²) in [7, 11) is 0. The van der Waals surface area contributed by atoms with Crippen LogP contribution in [0.3, 0.4) is 0 Å². The molecule has 2 aliphatic rings. The van der Waals surface area contributed by atoms with Crippen molar-refractivity contribution in [3.63, 3.8) is 0 Å². The van der Waals surface area contributed by atoms with Gasteiger partial charge in [0.1, 0.15) is 5.69 Å². The minimum absolute atomic E-state index is 0.00247. The smallest absolute Gasteiger partial charge is 0.275 e. The normalized spacial score (nSPS) is 22.5. The third-order valence-electron chi connectivity index (χ3n) is 9.72. The molecule has 1 aromatic heterocycles. The van der Waals surface area contributed by atoms with E-state index in [0.717, 1.165) is 27.8 Å². The summed E-state index contributed by atoms with van der Waals surface area (Å²) in [6.07, 6.45) is 1.52. The van der Waals surface area contributed by atoms with Crippen molar-refractivity contribution >= 4 is 34.2 Å². The summed E-state index contributed by atoms with van der Waals surface area (Å²) in [6, 6.07) is 30.2. The molecule has 0 spiro atoms. The van der Waals surface area contributed by atoms with Gasteiger partial charge in [0.05, 0.1) is 41.6 Å². The van der Waals surface area contributed by atoms with Crippen molar-refractivity contribution in [3.8, 4) is 0 Å². The number of nitrogens with zero attached hydrogens (tertiary/aromatic N) is 3. The number of rotatable bonds is 8. The molecule has 7 rings (SSSR count). The Balaban J connectivity index is 1.09. The molecule has 9 nitrogen and oxygen atoms in total. The molecule has 4 aromatic carbocycles. The summed E-state index contributed by atoms with van der Waals surface area (Å²) >= 11 is 6.09. The maximum atomic E-state index is 13.2. The molecule has 0 saturated carbocycles. The molecular weight excluding hydrogens is 640 g/mol. The van der Waals surface area contributed by atoms with Gasteiger partial charge in [0.2, 0.25) is 0 Å². The van der Waals surface area contributed by atoms with E-state index in [1.807, 2.05) is 97.1 Å². The number of amides is 1. The second kappa shape index (κ2) is 14.3. The van der Waals surface area contributed by atoms with Gasteiger partial charge in [0.25, 0.3) is 5.91 Å². The first-order chi connectivity index (χ1) is 23.8. The minimum Gasteiger partial charge on any atom is -0.392 e. The average molecular weight is 679 g/mol. The lowest BCUT2D eigenvalue weighted by atomic mass is 9.84. The molecule has 5 aromatic rings. The standard InChI is InChI=1S/C39H39ClN4O5/c1-25-35(23-44-19-17-39(47,18-20-44)29-13-15-30(40)16-14-29)48-38(49-36(25)27-11-9-26(24-45)10-12-27)28-5-4-6-31(21-28)42-37(46)34-22-41-32-7-2-3-8-33(32)43-34/h2-16,21-22,25,35-36,38,45,47H,17-20,23-24H2,1H3,(H,42,46)/t25-,35+,36+,38+/m1/s1. The van der Waals surface area contributed by atoms with E-state index in [1.165, 1.54) is 6.20 Å². The molecule has 1 amide bonds. The molecule has 0 radical (unpaired) electrons. The Bertz CT molecular complexity index is 1910. The van der Waals surface area contributed by atoms with Crippen LogP contribution >= 0.6 is 11.6 Å². The summed E-state index contributed by atoms with van der Waals surface area (Å²) in [5.74, 6) is -0.361. The number of likely N-dealkylation sites (tertiary alicyclic amines) is 1. The summed E-state index contributed by atoms with van der Waals surface area (Å²) < 4.78 is 13.4. The number of fused-ring (bicyclic) bond motifs is 1. The first-order valence-electron chi connectivity index (χ1n) is 16.6. The molecule has 0 unspecified atom stereocenters. The number of carbonyl (C=O) groups is 1. The maximum Gasteiger partial charge on any atom is 0.275 e. The Hall–Kier alpha value is -4.22. The second-order valence-corrected chi connectivity index (χ2v) is 13.4. The van der Waals surface area contributed by atoms with Gasteiger partial charge in [-0.25, -0.2) is 4.98 Å².